The van der Waals surface area contributed by atoms with Crippen molar-refractivity contribution >= 4 is 8.32 Å². The summed E-state index contributed by atoms with van der Waals surface area (Å²) in [6.45, 7) is 10.7. The van der Waals surface area contributed by atoms with E-state index in [0.717, 1.165) is 0 Å². The highest BCUT2D eigenvalue weighted by Crippen LogP contribution is 2.37. The first-order valence-corrected chi connectivity index (χ1v) is 9.78. The van der Waals surface area contributed by atoms with Crippen molar-refractivity contribution in [3.63, 3.8) is 0 Å². The molecule has 0 aromatic rings. The second kappa shape index (κ2) is 6.39. The maximum atomic E-state index is 9.97. The van der Waals surface area contributed by atoms with Gasteiger partial charge in [0.25, 0.3) is 0 Å². The molecule has 1 aliphatic rings. The molecule has 0 amide bonds. The summed E-state index contributed by atoms with van der Waals surface area (Å²) in [5, 5.41) is 29.5. The lowest BCUT2D eigenvalue weighted by molar-refractivity contribution is -0.293. The third kappa shape index (κ3) is 3.79. The van der Waals surface area contributed by atoms with Gasteiger partial charge in [-0.05, 0) is 18.1 Å². The molecule has 0 spiro atoms. The van der Waals surface area contributed by atoms with Crippen molar-refractivity contribution in [3.05, 3.63) is 0 Å². The lowest BCUT2D eigenvalue weighted by Gasteiger charge is -2.42. The summed E-state index contributed by atoms with van der Waals surface area (Å²) in [4.78, 5) is 0. The van der Waals surface area contributed by atoms with E-state index in [1.807, 2.05) is 0 Å². The Bertz CT molecular complexity index is 314. The van der Waals surface area contributed by atoms with E-state index in [-0.39, 0.29) is 11.6 Å². The van der Waals surface area contributed by atoms with Crippen LogP contribution >= 0.6 is 0 Å². The third-order valence-electron chi connectivity index (χ3n) is 4.32. The van der Waals surface area contributed by atoms with Crippen LogP contribution in [-0.2, 0) is 13.9 Å². The number of hydrogen-bond donors (Lipinski definition) is 3. The SMILES string of the molecule is CO[C@H]1O[C@H](CO[Si](C)(C)C(C)(C)C)[C@@H](O)[C@H](O)[C@H]1O. The summed E-state index contributed by atoms with van der Waals surface area (Å²) in [6, 6.07) is 0. The van der Waals surface area contributed by atoms with E-state index < -0.39 is 39.0 Å². The van der Waals surface area contributed by atoms with Gasteiger partial charge in [-0.15, -0.1) is 0 Å². The molecule has 1 saturated heterocycles. The van der Waals surface area contributed by atoms with Crippen LogP contribution < -0.4 is 0 Å². The lowest BCUT2D eigenvalue weighted by atomic mass is 9.99. The molecule has 1 aliphatic heterocycles. The van der Waals surface area contributed by atoms with Crippen LogP contribution in [0.1, 0.15) is 20.8 Å². The van der Waals surface area contributed by atoms with Crippen molar-refractivity contribution in [2.24, 2.45) is 0 Å². The second-order valence-electron chi connectivity index (χ2n) is 6.82. The van der Waals surface area contributed by atoms with E-state index in [4.69, 9.17) is 13.9 Å². The lowest BCUT2D eigenvalue weighted by Crippen LogP contribution is -2.60. The van der Waals surface area contributed by atoms with Crippen LogP contribution in [0, 0.1) is 0 Å². The standard InChI is InChI=1S/C13H28O6Si/c1-13(2,3)20(5,6)18-7-8-9(14)10(15)11(16)12(17-4)19-8/h8-12,14-16H,7H2,1-6H3/t8-,9-,10+,11-,12+/m1/s1. The zero-order valence-corrected chi connectivity index (χ0v) is 14.2. The normalized spacial score (nSPS) is 36.1. The van der Waals surface area contributed by atoms with Gasteiger partial charge in [0.05, 0.1) is 6.61 Å². The second-order valence-corrected chi connectivity index (χ2v) is 11.6. The fraction of sp³-hybridized carbons (Fsp3) is 1.00. The van der Waals surface area contributed by atoms with E-state index in [2.05, 4.69) is 33.9 Å². The van der Waals surface area contributed by atoms with Crippen molar-refractivity contribution in [2.75, 3.05) is 13.7 Å². The highest BCUT2D eigenvalue weighted by molar-refractivity contribution is 6.74. The number of ether oxygens (including phenoxy) is 2. The molecule has 6 nitrogen and oxygen atoms in total. The summed E-state index contributed by atoms with van der Waals surface area (Å²) in [7, 11) is -0.587. The third-order valence-corrected chi connectivity index (χ3v) is 8.82. The van der Waals surface area contributed by atoms with Gasteiger partial charge in [-0.2, -0.15) is 0 Å². The Kier molecular flexibility index (Phi) is 5.76. The van der Waals surface area contributed by atoms with Gasteiger partial charge in [0, 0.05) is 7.11 Å². The summed E-state index contributed by atoms with van der Waals surface area (Å²) in [6.07, 6.45) is -5.43. The smallest absolute Gasteiger partial charge is 0.192 e. The molecular weight excluding hydrogens is 280 g/mol. The Morgan fingerprint density at radius 2 is 1.60 bits per heavy atom. The van der Waals surface area contributed by atoms with Crippen LogP contribution in [0.25, 0.3) is 0 Å². The molecule has 0 unspecified atom stereocenters. The van der Waals surface area contributed by atoms with Crippen LogP contribution in [0.5, 0.6) is 0 Å². The van der Waals surface area contributed by atoms with Gasteiger partial charge in [0.1, 0.15) is 24.4 Å². The summed E-state index contributed by atoms with van der Waals surface area (Å²) in [5.41, 5.74) is 0. The first kappa shape index (κ1) is 18.0. The number of hydrogen-bond acceptors (Lipinski definition) is 6. The molecule has 1 fully saturated rings. The van der Waals surface area contributed by atoms with Crippen molar-refractivity contribution in [1.82, 2.24) is 0 Å². The average molecular weight is 308 g/mol. The monoisotopic (exact) mass is 308 g/mol. The summed E-state index contributed by atoms with van der Waals surface area (Å²) >= 11 is 0. The fourth-order valence-corrected chi connectivity index (χ4v) is 2.77. The van der Waals surface area contributed by atoms with Crippen molar-refractivity contribution in [2.45, 2.75) is 69.6 Å². The number of aliphatic hydroxyl groups excluding tert-OH is 3. The van der Waals surface area contributed by atoms with E-state index in [0.29, 0.717) is 0 Å². The molecule has 5 atom stereocenters. The molecule has 0 aliphatic carbocycles. The topological polar surface area (TPSA) is 88.4 Å². The van der Waals surface area contributed by atoms with Gasteiger partial charge >= 0.3 is 0 Å². The molecule has 120 valence electrons. The molecule has 20 heavy (non-hydrogen) atoms. The largest absolute Gasteiger partial charge is 0.414 e. The van der Waals surface area contributed by atoms with Crippen LogP contribution in [0.15, 0.2) is 0 Å². The predicted molar refractivity (Wildman–Crippen MR) is 76.8 cm³/mol. The van der Waals surface area contributed by atoms with Crippen LogP contribution in [-0.4, -0.2) is 68.1 Å². The van der Waals surface area contributed by atoms with Gasteiger partial charge in [-0.3, -0.25) is 0 Å². The molecule has 0 bridgehead atoms. The van der Waals surface area contributed by atoms with Crippen molar-refractivity contribution in [1.29, 1.82) is 0 Å². The van der Waals surface area contributed by atoms with Crippen LogP contribution in [0.4, 0.5) is 0 Å². The highest BCUT2D eigenvalue weighted by atomic mass is 28.4. The minimum Gasteiger partial charge on any atom is -0.414 e. The predicted octanol–water partition coefficient (Wildman–Crippen LogP) is 0.462. The van der Waals surface area contributed by atoms with Gasteiger partial charge in [0.15, 0.2) is 14.6 Å². The van der Waals surface area contributed by atoms with Gasteiger partial charge in [-0.25, -0.2) is 0 Å². The minimum atomic E-state index is -1.97. The van der Waals surface area contributed by atoms with E-state index >= 15 is 0 Å². The zero-order chi connectivity index (χ0) is 15.7. The van der Waals surface area contributed by atoms with E-state index in [1.165, 1.54) is 7.11 Å². The highest BCUT2D eigenvalue weighted by Gasteiger charge is 2.45. The quantitative estimate of drug-likeness (QED) is 0.654. The molecule has 0 aromatic heterocycles. The Labute approximate surface area is 121 Å². The molecule has 0 radical (unpaired) electrons. The Hall–Kier alpha value is -0.0231. The maximum absolute atomic E-state index is 9.97. The van der Waals surface area contributed by atoms with Crippen molar-refractivity contribution in [3.8, 4) is 0 Å². The summed E-state index contributed by atoms with van der Waals surface area (Å²) in [5.74, 6) is 0. The molecule has 1 heterocycles. The van der Waals surface area contributed by atoms with Gasteiger partial charge in [0.2, 0.25) is 0 Å². The summed E-state index contributed by atoms with van der Waals surface area (Å²) < 4.78 is 16.4. The van der Waals surface area contributed by atoms with E-state index in [9.17, 15) is 15.3 Å². The number of rotatable bonds is 4. The number of aliphatic hydroxyl groups is 3. The minimum absolute atomic E-state index is 0.0470. The molecule has 3 N–H and O–H groups in total. The Balaban J connectivity index is 2.68. The van der Waals surface area contributed by atoms with Crippen molar-refractivity contribution < 1.29 is 29.2 Å². The molecule has 0 aromatic carbocycles. The first-order chi connectivity index (χ1) is 9.01. The van der Waals surface area contributed by atoms with Crippen LogP contribution in [0.3, 0.4) is 0 Å². The maximum Gasteiger partial charge on any atom is 0.192 e. The van der Waals surface area contributed by atoms with Gasteiger partial charge < -0.3 is 29.2 Å². The van der Waals surface area contributed by atoms with Crippen LogP contribution in [0.2, 0.25) is 18.1 Å². The van der Waals surface area contributed by atoms with E-state index in [1.54, 1.807) is 0 Å². The first-order valence-electron chi connectivity index (χ1n) is 6.87. The molecule has 1 rings (SSSR count). The molecule has 7 heteroatoms. The average Bonchev–Trinajstić information content (AvgIpc) is 2.34. The zero-order valence-electron chi connectivity index (χ0n) is 13.2. The fourth-order valence-electron chi connectivity index (χ4n) is 1.76. The molecular formula is C13H28O6Si. The van der Waals surface area contributed by atoms with Gasteiger partial charge in [-0.1, -0.05) is 20.8 Å². The molecule has 0 saturated carbocycles. The Morgan fingerprint density at radius 3 is 2.05 bits per heavy atom. The number of methoxy groups -OCH3 is 1. The Morgan fingerprint density at radius 1 is 1.05 bits per heavy atom.